The van der Waals surface area contributed by atoms with Crippen molar-refractivity contribution < 1.29 is 15.0 Å². The van der Waals surface area contributed by atoms with Crippen molar-refractivity contribution in [2.24, 2.45) is 0 Å². The van der Waals surface area contributed by atoms with Crippen LogP contribution in [0.1, 0.15) is 258 Å². The highest BCUT2D eigenvalue weighted by Gasteiger charge is 2.17. The van der Waals surface area contributed by atoms with E-state index >= 15 is 0 Å². The predicted octanol–water partition coefficient (Wildman–Crippen LogP) is 14.2. The van der Waals surface area contributed by atoms with Crippen LogP contribution < -0.4 is 5.32 Å². The molecule has 2 unspecified atom stereocenters. The summed E-state index contributed by atoms with van der Waals surface area (Å²) in [6.07, 6.45) is 53.3. The Bertz CT molecular complexity index is 680. The van der Waals surface area contributed by atoms with Gasteiger partial charge in [-0.15, -0.1) is 0 Å². The molecule has 0 radical (unpaired) electrons. The van der Waals surface area contributed by atoms with E-state index in [9.17, 15) is 15.0 Å². The summed E-state index contributed by atoms with van der Waals surface area (Å²) in [7, 11) is 0. The molecule has 0 heterocycles. The van der Waals surface area contributed by atoms with E-state index in [1.165, 1.54) is 212 Å². The molecule has 0 saturated heterocycles. The number of hydrogen-bond acceptors (Lipinski definition) is 3. The summed E-state index contributed by atoms with van der Waals surface area (Å²) in [4.78, 5) is 12.4. The molecule has 0 aromatic carbocycles. The molecule has 0 aliphatic rings. The van der Waals surface area contributed by atoms with Crippen LogP contribution in [0.4, 0.5) is 0 Å². The molecule has 0 fully saturated rings. The van der Waals surface area contributed by atoms with Gasteiger partial charge in [-0.25, -0.2) is 0 Å². The molecule has 1 amide bonds. The third-order valence-corrected chi connectivity index (χ3v) is 10.8. The number of rotatable bonds is 42. The van der Waals surface area contributed by atoms with E-state index in [4.69, 9.17) is 0 Å². The highest BCUT2D eigenvalue weighted by atomic mass is 16.3. The number of carbonyl (C=O) groups is 1. The molecule has 0 spiro atoms. The Labute approximate surface area is 314 Å². The van der Waals surface area contributed by atoms with Crippen LogP contribution in [-0.2, 0) is 4.79 Å². The van der Waals surface area contributed by atoms with Crippen LogP contribution in [0.2, 0.25) is 0 Å². The predicted molar refractivity (Wildman–Crippen MR) is 221 cm³/mol. The van der Waals surface area contributed by atoms with Gasteiger partial charge >= 0.3 is 0 Å². The fraction of sp³-hybridized carbons (Fsp3) is 0.935. The maximum atomic E-state index is 12.4. The number of aliphatic hydroxyl groups is 2. The first-order chi connectivity index (χ1) is 24.7. The SMILES string of the molecule is CCCCCCCCCCCCCCC/C=C/C(O)C(CO)NC(=O)CCCCCCCCCCCCCCCCCCCCCCCCC. The summed E-state index contributed by atoms with van der Waals surface area (Å²) < 4.78 is 0. The first kappa shape index (κ1) is 49.1. The molecule has 3 N–H and O–H groups in total. The number of unbranched alkanes of at least 4 members (excludes halogenated alkanes) is 35. The zero-order chi connectivity index (χ0) is 36.4. The summed E-state index contributed by atoms with van der Waals surface area (Å²) in [5.41, 5.74) is 0. The maximum absolute atomic E-state index is 12.4. The fourth-order valence-electron chi connectivity index (χ4n) is 7.24. The van der Waals surface area contributed by atoms with Gasteiger partial charge in [-0.3, -0.25) is 4.79 Å². The summed E-state index contributed by atoms with van der Waals surface area (Å²) in [5.74, 6) is -0.0588. The summed E-state index contributed by atoms with van der Waals surface area (Å²) in [6, 6.07) is -0.616. The smallest absolute Gasteiger partial charge is 0.220 e. The molecule has 4 heteroatoms. The second-order valence-corrected chi connectivity index (χ2v) is 15.8. The standard InChI is InChI=1S/C46H91NO3/c1-3-5-7-9-11-13-15-17-19-20-21-22-23-24-25-26-28-30-32-34-36-38-40-42-46(50)47-44(43-48)45(49)41-39-37-35-33-31-29-27-18-16-14-12-10-8-6-4-2/h39,41,44-45,48-49H,3-38,40,42-43H2,1-2H3,(H,47,50)/b41-39+. The molecule has 0 rings (SSSR count). The van der Waals surface area contributed by atoms with Crippen molar-refractivity contribution in [2.75, 3.05) is 6.61 Å². The van der Waals surface area contributed by atoms with Gasteiger partial charge in [0.1, 0.15) is 0 Å². The van der Waals surface area contributed by atoms with Gasteiger partial charge in [0.15, 0.2) is 0 Å². The molecule has 0 aromatic rings. The lowest BCUT2D eigenvalue weighted by atomic mass is 10.0. The minimum atomic E-state index is -0.833. The van der Waals surface area contributed by atoms with Crippen LogP contribution in [0.15, 0.2) is 12.2 Å². The molecular formula is C46H91NO3. The summed E-state index contributed by atoms with van der Waals surface area (Å²) >= 11 is 0. The van der Waals surface area contributed by atoms with Crippen molar-refractivity contribution in [1.29, 1.82) is 0 Å². The zero-order valence-electron chi connectivity index (χ0n) is 34.2. The Morgan fingerprint density at radius 2 is 0.740 bits per heavy atom. The third-order valence-electron chi connectivity index (χ3n) is 10.8. The van der Waals surface area contributed by atoms with Crippen molar-refractivity contribution in [3.8, 4) is 0 Å². The van der Waals surface area contributed by atoms with Crippen LogP contribution in [0, 0.1) is 0 Å². The number of nitrogens with one attached hydrogen (secondary N) is 1. The van der Waals surface area contributed by atoms with Gasteiger partial charge in [-0.1, -0.05) is 244 Å². The maximum Gasteiger partial charge on any atom is 0.220 e. The van der Waals surface area contributed by atoms with E-state index in [-0.39, 0.29) is 12.5 Å². The van der Waals surface area contributed by atoms with E-state index in [2.05, 4.69) is 19.2 Å². The average molecular weight is 706 g/mol. The Hall–Kier alpha value is -0.870. The minimum absolute atomic E-state index is 0.0588. The topological polar surface area (TPSA) is 69.6 Å². The second kappa shape index (κ2) is 42.5. The molecule has 0 bridgehead atoms. The van der Waals surface area contributed by atoms with Gasteiger partial charge in [0.05, 0.1) is 18.8 Å². The highest BCUT2D eigenvalue weighted by molar-refractivity contribution is 5.76. The number of allylic oxidation sites excluding steroid dienone is 1. The van der Waals surface area contributed by atoms with Gasteiger partial charge in [0.2, 0.25) is 5.91 Å². The lowest BCUT2D eigenvalue weighted by molar-refractivity contribution is -0.123. The first-order valence-electron chi connectivity index (χ1n) is 22.9. The fourth-order valence-corrected chi connectivity index (χ4v) is 7.24. The van der Waals surface area contributed by atoms with Crippen LogP contribution >= 0.6 is 0 Å². The highest BCUT2D eigenvalue weighted by Crippen LogP contribution is 2.16. The minimum Gasteiger partial charge on any atom is -0.394 e. The molecule has 50 heavy (non-hydrogen) atoms. The average Bonchev–Trinajstić information content (AvgIpc) is 3.12. The van der Waals surface area contributed by atoms with Crippen molar-refractivity contribution in [2.45, 2.75) is 270 Å². The number of aliphatic hydroxyl groups excluding tert-OH is 2. The summed E-state index contributed by atoms with van der Waals surface area (Å²) in [6.45, 7) is 4.33. The second-order valence-electron chi connectivity index (χ2n) is 15.8. The van der Waals surface area contributed by atoms with Crippen molar-refractivity contribution in [3.05, 3.63) is 12.2 Å². The molecule has 2 atom stereocenters. The number of hydrogen-bond donors (Lipinski definition) is 3. The molecule has 4 nitrogen and oxygen atoms in total. The molecule has 0 aliphatic heterocycles. The summed E-state index contributed by atoms with van der Waals surface area (Å²) in [5, 5.41) is 23.0. The Kier molecular flexibility index (Phi) is 41.8. The van der Waals surface area contributed by atoms with E-state index in [0.717, 1.165) is 25.7 Å². The quantitative estimate of drug-likeness (QED) is 0.0437. The van der Waals surface area contributed by atoms with Gasteiger partial charge < -0.3 is 15.5 Å². The van der Waals surface area contributed by atoms with Crippen molar-refractivity contribution >= 4 is 5.91 Å². The van der Waals surface area contributed by atoms with E-state index in [1.807, 2.05) is 6.08 Å². The normalized spacial score (nSPS) is 13.0. The van der Waals surface area contributed by atoms with Crippen molar-refractivity contribution in [1.82, 2.24) is 5.32 Å². The Morgan fingerprint density at radius 1 is 0.460 bits per heavy atom. The van der Waals surface area contributed by atoms with Crippen LogP contribution in [0.25, 0.3) is 0 Å². The van der Waals surface area contributed by atoms with Crippen LogP contribution in [-0.4, -0.2) is 34.9 Å². The van der Waals surface area contributed by atoms with Crippen molar-refractivity contribution in [3.63, 3.8) is 0 Å². The van der Waals surface area contributed by atoms with E-state index in [0.29, 0.717) is 6.42 Å². The van der Waals surface area contributed by atoms with Crippen LogP contribution in [0.3, 0.4) is 0 Å². The Balaban J connectivity index is 3.49. The molecule has 0 aliphatic carbocycles. The number of carbonyl (C=O) groups excluding carboxylic acids is 1. The lowest BCUT2D eigenvalue weighted by Crippen LogP contribution is -2.45. The van der Waals surface area contributed by atoms with Gasteiger partial charge in [0.25, 0.3) is 0 Å². The third kappa shape index (κ3) is 38.4. The largest absolute Gasteiger partial charge is 0.394 e. The molecular weight excluding hydrogens is 615 g/mol. The van der Waals surface area contributed by atoms with E-state index in [1.54, 1.807) is 6.08 Å². The lowest BCUT2D eigenvalue weighted by Gasteiger charge is -2.20. The first-order valence-corrected chi connectivity index (χ1v) is 22.9. The molecule has 298 valence electrons. The van der Waals surface area contributed by atoms with Gasteiger partial charge in [-0.2, -0.15) is 0 Å². The Morgan fingerprint density at radius 3 is 1.04 bits per heavy atom. The van der Waals surface area contributed by atoms with E-state index < -0.39 is 12.1 Å². The van der Waals surface area contributed by atoms with Gasteiger partial charge in [-0.05, 0) is 19.3 Å². The van der Waals surface area contributed by atoms with Gasteiger partial charge in [0, 0.05) is 6.42 Å². The van der Waals surface area contributed by atoms with Crippen LogP contribution in [0.5, 0.6) is 0 Å². The number of amides is 1. The zero-order valence-corrected chi connectivity index (χ0v) is 34.2. The molecule has 0 saturated carbocycles. The molecule has 0 aromatic heterocycles. The monoisotopic (exact) mass is 706 g/mol.